The number of rotatable bonds is 8. The fourth-order valence-corrected chi connectivity index (χ4v) is 3.89. The van der Waals surface area contributed by atoms with Gasteiger partial charge in [-0.15, -0.1) is 0 Å². The van der Waals surface area contributed by atoms with Gasteiger partial charge in [-0.05, 0) is 48.9 Å². The highest BCUT2D eigenvalue weighted by Gasteiger charge is 2.22. The van der Waals surface area contributed by atoms with Crippen molar-refractivity contribution in [3.63, 3.8) is 0 Å². The Bertz CT molecular complexity index is 877. The molecule has 2 aromatic heterocycles. The first-order valence-electron chi connectivity index (χ1n) is 9.11. The standard InChI is InChI=1S/C20H25N5O2S/c1-14(11-15(5-8-21)7-10-26)23-19-4-2-3-17(24-19)18-12-22-20(28-18)25-9-6-16(27)13-25/h2-5,8,11-12,16,26-27H,1,6-7,9-10,13,21H2,(H,23,24)/b8-5-,15-11+/t16-/m1/s1. The summed E-state index contributed by atoms with van der Waals surface area (Å²) in [5.74, 6) is 0.672. The molecule has 0 radical (unpaired) electrons. The van der Waals surface area contributed by atoms with E-state index in [1.165, 1.54) is 6.20 Å². The van der Waals surface area contributed by atoms with Gasteiger partial charge in [0.1, 0.15) is 5.82 Å². The third-order valence-electron chi connectivity index (χ3n) is 4.29. The maximum absolute atomic E-state index is 9.71. The van der Waals surface area contributed by atoms with Crippen LogP contribution in [-0.2, 0) is 0 Å². The summed E-state index contributed by atoms with van der Waals surface area (Å²) in [5.41, 5.74) is 7.79. The summed E-state index contributed by atoms with van der Waals surface area (Å²) >= 11 is 1.56. The number of nitrogens with one attached hydrogen (secondary N) is 1. The second kappa shape index (κ2) is 9.50. The van der Waals surface area contributed by atoms with E-state index in [2.05, 4.69) is 26.8 Å². The molecule has 0 unspecified atom stereocenters. The maximum Gasteiger partial charge on any atom is 0.185 e. The smallest absolute Gasteiger partial charge is 0.185 e. The molecule has 0 aromatic carbocycles. The van der Waals surface area contributed by atoms with Gasteiger partial charge in [0.2, 0.25) is 0 Å². The van der Waals surface area contributed by atoms with E-state index in [0.29, 0.717) is 24.5 Å². The van der Waals surface area contributed by atoms with E-state index in [4.69, 9.17) is 10.8 Å². The largest absolute Gasteiger partial charge is 0.405 e. The molecular formula is C20H25N5O2S. The average Bonchev–Trinajstić information content (AvgIpc) is 3.31. The number of hydrogen-bond donors (Lipinski definition) is 4. The van der Waals surface area contributed by atoms with E-state index >= 15 is 0 Å². The van der Waals surface area contributed by atoms with Crippen molar-refractivity contribution in [2.24, 2.45) is 5.73 Å². The molecule has 148 valence electrons. The quantitative estimate of drug-likeness (QED) is 0.505. The summed E-state index contributed by atoms with van der Waals surface area (Å²) in [6, 6.07) is 5.73. The number of thiazole rings is 1. The highest BCUT2D eigenvalue weighted by atomic mass is 32.1. The highest BCUT2D eigenvalue weighted by Crippen LogP contribution is 2.32. The first-order valence-corrected chi connectivity index (χ1v) is 9.92. The zero-order valence-electron chi connectivity index (χ0n) is 15.6. The number of aromatic nitrogens is 2. The Hall–Kier alpha value is -2.68. The summed E-state index contributed by atoms with van der Waals surface area (Å²) in [7, 11) is 0. The molecule has 1 fully saturated rings. The molecule has 2 aromatic rings. The van der Waals surface area contributed by atoms with Crippen molar-refractivity contribution in [1.82, 2.24) is 9.97 Å². The third kappa shape index (κ3) is 5.19. The number of pyridine rings is 1. The van der Waals surface area contributed by atoms with Crippen LogP contribution in [0.4, 0.5) is 10.9 Å². The monoisotopic (exact) mass is 399 g/mol. The van der Waals surface area contributed by atoms with Gasteiger partial charge in [-0.3, -0.25) is 0 Å². The van der Waals surface area contributed by atoms with Crippen molar-refractivity contribution in [2.75, 3.05) is 29.9 Å². The molecule has 0 amide bonds. The van der Waals surface area contributed by atoms with Crippen LogP contribution in [0.5, 0.6) is 0 Å². The number of nitrogens with two attached hydrogens (primary N) is 1. The van der Waals surface area contributed by atoms with Crippen LogP contribution in [0.25, 0.3) is 10.6 Å². The number of nitrogens with zero attached hydrogens (tertiary/aromatic N) is 3. The van der Waals surface area contributed by atoms with Crippen molar-refractivity contribution in [3.05, 3.63) is 60.6 Å². The zero-order chi connectivity index (χ0) is 19.9. The molecule has 3 rings (SSSR count). The summed E-state index contributed by atoms with van der Waals surface area (Å²) in [5, 5.41) is 22.9. The van der Waals surface area contributed by atoms with E-state index in [9.17, 15) is 5.11 Å². The van der Waals surface area contributed by atoms with Crippen LogP contribution in [0.3, 0.4) is 0 Å². The molecule has 3 heterocycles. The Morgan fingerprint density at radius 3 is 3.04 bits per heavy atom. The summed E-state index contributed by atoms with van der Waals surface area (Å²) in [6.07, 6.45) is 7.82. The number of aliphatic hydroxyl groups excluding tert-OH is 2. The molecule has 0 saturated carbocycles. The molecule has 7 nitrogen and oxygen atoms in total. The summed E-state index contributed by atoms with van der Waals surface area (Å²) in [6.45, 7) is 5.49. The van der Waals surface area contributed by atoms with E-state index in [-0.39, 0.29) is 12.7 Å². The van der Waals surface area contributed by atoms with Crippen LogP contribution < -0.4 is 16.0 Å². The van der Waals surface area contributed by atoms with Gasteiger partial charge >= 0.3 is 0 Å². The lowest BCUT2D eigenvalue weighted by Gasteiger charge is -2.12. The lowest BCUT2D eigenvalue weighted by Crippen LogP contribution is -2.20. The fourth-order valence-electron chi connectivity index (χ4n) is 2.97. The van der Waals surface area contributed by atoms with E-state index in [0.717, 1.165) is 34.2 Å². The molecule has 28 heavy (non-hydrogen) atoms. The van der Waals surface area contributed by atoms with E-state index in [1.807, 2.05) is 30.5 Å². The third-order valence-corrected chi connectivity index (χ3v) is 5.37. The van der Waals surface area contributed by atoms with Crippen LogP contribution in [0.2, 0.25) is 0 Å². The van der Waals surface area contributed by atoms with Crippen molar-refractivity contribution in [2.45, 2.75) is 18.9 Å². The first kappa shape index (κ1) is 20.1. The van der Waals surface area contributed by atoms with Crippen molar-refractivity contribution < 1.29 is 10.2 Å². The highest BCUT2D eigenvalue weighted by molar-refractivity contribution is 7.18. The predicted molar refractivity (Wildman–Crippen MR) is 114 cm³/mol. The van der Waals surface area contributed by atoms with Crippen molar-refractivity contribution in [1.29, 1.82) is 0 Å². The number of anilines is 2. The molecule has 0 aliphatic carbocycles. The molecule has 0 spiro atoms. The van der Waals surface area contributed by atoms with Crippen LogP contribution in [0.1, 0.15) is 12.8 Å². The Morgan fingerprint density at radius 1 is 1.46 bits per heavy atom. The Kier molecular flexibility index (Phi) is 6.80. The number of allylic oxidation sites excluding steroid dienone is 2. The molecular weight excluding hydrogens is 374 g/mol. The van der Waals surface area contributed by atoms with E-state index in [1.54, 1.807) is 17.4 Å². The average molecular weight is 400 g/mol. The lowest BCUT2D eigenvalue weighted by atomic mass is 10.1. The van der Waals surface area contributed by atoms with Crippen molar-refractivity contribution >= 4 is 22.3 Å². The van der Waals surface area contributed by atoms with Crippen LogP contribution in [0, 0.1) is 0 Å². The second-order valence-corrected chi connectivity index (χ2v) is 7.51. The van der Waals surface area contributed by atoms with Gasteiger partial charge in [0, 0.05) is 31.6 Å². The predicted octanol–water partition coefficient (Wildman–Crippen LogP) is 2.48. The minimum absolute atomic E-state index is 0.0406. The molecule has 1 aliphatic heterocycles. The Balaban J connectivity index is 1.71. The molecule has 5 N–H and O–H groups in total. The van der Waals surface area contributed by atoms with Gasteiger partial charge in [-0.25, -0.2) is 9.97 Å². The normalized spacial score (nSPS) is 17.4. The molecule has 8 heteroatoms. The van der Waals surface area contributed by atoms with E-state index < -0.39 is 0 Å². The van der Waals surface area contributed by atoms with Gasteiger partial charge < -0.3 is 26.2 Å². The molecule has 1 saturated heterocycles. The molecule has 1 aliphatic rings. The SMILES string of the molecule is C=C(/C=C(\C=C/N)CCO)Nc1cccc(-c2cnc(N3CC[C@@H](O)C3)s2)n1. The number of aliphatic hydroxyl groups is 2. The number of β-amino-alcohol motifs (C(OH)–C–C–N with tert-alkyl or cyclic N) is 1. The Morgan fingerprint density at radius 2 is 2.32 bits per heavy atom. The van der Waals surface area contributed by atoms with Gasteiger partial charge in [0.15, 0.2) is 5.13 Å². The fraction of sp³-hybridized carbons (Fsp3) is 0.300. The molecule has 0 bridgehead atoms. The lowest BCUT2D eigenvalue weighted by molar-refractivity contribution is 0.198. The maximum atomic E-state index is 9.71. The van der Waals surface area contributed by atoms with Gasteiger partial charge in [0.05, 0.1) is 16.7 Å². The number of hydrogen-bond acceptors (Lipinski definition) is 8. The first-order chi connectivity index (χ1) is 13.6. The van der Waals surface area contributed by atoms with Gasteiger partial charge in [-0.1, -0.05) is 24.0 Å². The van der Waals surface area contributed by atoms with Gasteiger partial charge in [0.25, 0.3) is 0 Å². The minimum atomic E-state index is -0.276. The van der Waals surface area contributed by atoms with Crippen LogP contribution >= 0.6 is 11.3 Å². The summed E-state index contributed by atoms with van der Waals surface area (Å²) in [4.78, 5) is 12.2. The van der Waals surface area contributed by atoms with Crippen LogP contribution in [0.15, 0.2) is 60.6 Å². The topological polar surface area (TPSA) is 108 Å². The van der Waals surface area contributed by atoms with Crippen LogP contribution in [-0.4, -0.2) is 46.0 Å². The Labute approximate surface area is 168 Å². The van der Waals surface area contributed by atoms with Crippen molar-refractivity contribution in [3.8, 4) is 10.6 Å². The minimum Gasteiger partial charge on any atom is -0.405 e. The zero-order valence-corrected chi connectivity index (χ0v) is 16.4. The molecule has 1 atom stereocenters. The van der Waals surface area contributed by atoms with Gasteiger partial charge in [-0.2, -0.15) is 0 Å². The second-order valence-electron chi connectivity index (χ2n) is 6.51. The summed E-state index contributed by atoms with van der Waals surface area (Å²) < 4.78 is 0.